The van der Waals surface area contributed by atoms with Crippen LogP contribution < -0.4 is 0 Å². The Balaban J connectivity index is 2.42. The van der Waals surface area contributed by atoms with Gasteiger partial charge in [-0.05, 0) is 31.2 Å². The highest BCUT2D eigenvalue weighted by molar-refractivity contribution is 7.91. The van der Waals surface area contributed by atoms with Crippen LogP contribution in [0.25, 0.3) is 6.08 Å². The number of hydrogen-bond acceptors (Lipinski definition) is 5. The Morgan fingerprint density at radius 3 is 2.29 bits per heavy atom. The minimum atomic E-state index is -3.75. The van der Waals surface area contributed by atoms with Crippen molar-refractivity contribution in [1.82, 2.24) is 0 Å². The molecule has 0 unspecified atom stereocenters. The number of furan rings is 1. The summed E-state index contributed by atoms with van der Waals surface area (Å²) in [6.07, 6.45) is 1.19. The Bertz CT molecular complexity index is 860. The molecule has 1 aromatic heterocycles. The van der Waals surface area contributed by atoms with Gasteiger partial charge in [0, 0.05) is 6.08 Å². The number of nitrogens with zero attached hydrogens (tertiary/aromatic N) is 2. The van der Waals surface area contributed by atoms with Crippen molar-refractivity contribution in [3.05, 3.63) is 53.3 Å². The molecule has 0 fully saturated rings. The van der Waals surface area contributed by atoms with Crippen molar-refractivity contribution in [2.75, 3.05) is 0 Å². The summed E-state index contributed by atoms with van der Waals surface area (Å²) in [5, 5.41) is 17.1. The first-order valence-corrected chi connectivity index (χ1v) is 7.39. The number of hydrogen-bond donors (Lipinski definition) is 0. The zero-order valence-electron chi connectivity index (χ0n) is 11.1. The van der Waals surface area contributed by atoms with E-state index in [1.54, 1.807) is 24.3 Å². The Hall–Kier alpha value is -2.83. The number of aryl methyl sites for hydroxylation is 1. The Morgan fingerprint density at radius 1 is 1.10 bits per heavy atom. The van der Waals surface area contributed by atoms with Crippen LogP contribution in [0.2, 0.25) is 0 Å². The van der Waals surface area contributed by atoms with Crippen LogP contribution in [0.5, 0.6) is 0 Å². The topological polar surface area (TPSA) is 94.9 Å². The quantitative estimate of drug-likeness (QED) is 0.812. The lowest BCUT2D eigenvalue weighted by atomic mass is 10.2. The van der Waals surface area contributed by atoms with Gasteiger partial charge in [0.2, 0.25) is 14.9 Å². The molecule has 0 bridgehead atoms. The van der Waals surface area contributed by atoms with E-state index in [1.165, 1.54) is 30.3 Å². The summed E-state index contributed by atoms with van der Waals surface area (Å²) in [6.45, 7) is 1.86. The summed E-state index contributed by atoms with van der Waals surface area (Å²) >= 11 is 0. The van der Waals surface area contributed by atoms with E-state index < -0.39 is 9.84 Å². The molecule has 1 heterocycles. The molecule has 0 saturated heterocycles. The number of rotatable bonds is 3. The largest absolute Gasteiger partial charge is 0.445 e. The smallest absolute Gasteiger partial charge is 0.239 e. The lowest BCUT2D eigenvalue weighted by Crippen LogP contribution is -2.00. The van der Waals surface area contributed by atoms with E-state index in [0.717, 1.165) is 5.56 Å². The average molecular weight is 298 g/mol. The molecule has 2 rings (SSSR count). The van der Waals surface area contributed by atoms with Crippen LogP contribution in [0.3, 0.4) is 0 Å². The van der Waals surface area contributed by atoms with Crippen LogP contribution in [-0.2, 0) is 9.84 Å². The van der Waals surface area contributed by atoms with Crippen molar-refractivity contribution < 1.29 is 12.8 Å². The van der Waals surface area contributed by atoms with E-state index in [9.17, 15) is 8.42 Å². The molecule has 0 spiro atoms. The van der Waals surface area contributed by atoms with Crippen molar-refractivity contribution in [3.63, 3.8) is 0 Å². The Labute approximate surface area is 122 Å². The minimum Gasteiger partial charge on any atom is -0.445 e. The second-order valence-corrected chi connectivity index (χ2v) is 6.14. The normalized spacial score (nSPS) is 10.4. The zero-order valence-corrected chi connectivity index (χ0v) is 11.9. The van der Waals surface area contributed by atoms with E-state index in [1.807, 2.05) is 6.92 Å². The predicted octanol–water partition coefficient (Wildman–Crippen LogP) is 2.85. The van der Waals surface area contributed by atoms with Gasteiger partial charge in [-0.2, -0.15) is 10.5 Å². The van der Waals surface area contributed by atoms with Crippen molar-refractivity contribution in [3.8, 4) is 12.1 Å². The summed E-state index contributed by atoms with van der Waals surface area (Å²) in [5.41, 5.74) is 0.785. The zero-order chi connectivity index (χ0) is 15.5. The standard InChI is InChI=1S/C15H10N2O3S/c1-11-2-5-14(6-3-11)21(18,19)15-7-4-13(20-15)8-12(9-16)10-17/h2-8H,1H3. The van der Waals surface area contributed by atoms with Crippen molar-refractivity contribution in [2.45, 2.75) is 16.9 Å². The maximum Gasteiger partial charge on any atom is 0.239 e. The first-order valence-electron chi connectivity index (χ1n) is 5.91. The molecule has 0 N–H and O–H groups in total. The first kappa shape index (κ1) is 14.6. The predicted molar refractivity (Wildman–Crippen MR) is 74.5 cm³/mol. The summed E-state index contributed by atoms with van der Waals surface area (Å²) in [4.78, 5) is 0.124. The molecular weight excluding hydrogens is 288 g/mol. The van der Waals surface area contributed by atoms with E-state index in [4.69, 9.17) is 14.9 Å². The third-order valence-corrected chi connectivity index (χ3v) is 4.37. The number of sulfone groups is 1. The molecule has 0 aliphatic rings. The van der Waals surface area contributed by atoms with Crippen LogP contribution >= 0.6 is 0 Å². The summed E-state index contributed by atoms with van der Waals surface area (Å²) < 4.78 is 29.9. The van der Waals surface area contributed by atoms with Gasteiger partial charge in [0.05, 0.1) is 4.90 Å². The molecule has 0 amide bonds. The maximum absolute atomic E-state index is 12.3. The number of benzene rings is 1. The van der Waals surface area contributed by atoms with Gasteiger partial charge >= 0.3 is 0 Å². The lowest BCUT2D eigenvalue weighted by Gasteiger charge is -2.01. The lowest BCUT2D eigenvalue weighted by molar-refractivity contribution is 0.443. The summed E-state index contributed by atoms with van der Waals surface area (Å²) in [5.74, 6) is 0.138. The van der Waals surface area contributed by atoms with Gasteiger partial charge in [0.25, 0.3) is 0 Å². The Kier molecular flexibility index (Phi) is 3.93. The summed E-state index contributed by atoms with van der Waals surface area (Å²) in [6, 6.07) is 12.4. The molecule has 0 aliphatic carbocycles. The van der Waals surface area contributed by atoms with E-state index in [2.05, 4.69) is 0 Å². The van der Waals surface area contributed by atoms with Gasteiger partial charge in [0.15, 0.2) is 0 Å². The molecule has 6 heteroatoms. The van der Waals surface area contributed by atoms with Crippen LogP contribution in [0.1, 0.15) is 11.3 Å². The van der Waals surface area contributed by atoms with Crippen LogP contribution in [-0.4, -0.2) is 8.42 Å². The SMILES string of the molecule is Cc1ccc(S(=O)(=O)c2ccc(C=C(C#N)C#N)o2)cc1. The highest BCUT2D eigenvalue weighted by atomic mass is 32.2. The second kappa shape index (κ2) is 5.66. The van der Waals surface area contributed by atoms with E-state index in [-0.39, 0.29) is 21.3 Å². The van der Waals surface area contributed by atoms with Gasteiger partial charge in [-0.15, -0.1) is 0 Å². The van der Waals surface area contributed by atoms with Gasteiger partial charge in [-0.3, -0.25) is 0 Å². The average Bonchev–Trinajstić information content (AvgIpc) is 2.94. The van der Waals surface area contributed by atoms with Gasteiger partial charge < -0.3 is 4.42 Å². The molecule has 2 aromatic rings. The summed E-state index contributed by atoms with van der Waals surface area (Å²) in [7, 11) is -3.75. The molecule has 5 nitrogen and oxygen atoms in total. The fourth-order valence-electron chi connectivity index (χ4n) is 1.62. The third-order valence-electron chi connectivity index (χ3n) is 2.73. The van der Waals surface area contributed by atoms with Crippen LogP contribution in [0.4, 0.5) is 0 Å². The van der Waals surface area contributed by atoms with E-state index in [0.29, 0.717) is 0 Å². The highest BCUT2D eigenvalue weighted by Crippen LogP contribution is 2.24. The molecule has 21 heavy (non-hydrogen) atoms. The van der Waals surface area contributed by atoms with Crippen molar-refractivity contribution in [2.24, 2.45) is 0 Å². The van der Waals surface area contributed by atoms with Crippen LogP contribution in [0.15, 0.2) is 56.4 Å². The second-order valence-electron chi connectivity index (χ2n) is 4.25. The van der Waals surface area contributed by atoms with Gasteiger partial charge in [0.1, 0.15) is 23.5 Å². The molecule has 0 saturated carbocycles. The van der Waals surface area contributed by atoms with Crippen molar-refractivity contribution >= 4 is 15.9 Å². The van der Waals surface area contributed by atoms with E-state index >= 15 is 0 Å². The molecule has 0 atom stereocenters. The Morgan fingerprint density at radius 2 is 1.71 bits per heavy atom. The fraction of sp³-hybridized carbons (Fsp3) is 0.0667. The van der Waals surface area contributed by atoms with Gasteiger partial charge in [-0.1, -0.05) is 17.7 Å². The monoisotopic (exact) mass is 298 g/mol. The maximum atomic E-state index is 12.3. The molecule has 0 radical (unpaired) electrons. The van der Waals surface area contributed by atoms with Crippen LogP contribution in [0, 0.1) is 29.6 Å². The molecular formula is C15H10N2O3S. The molecule has 104 valence electrons. The third kappa shape index (κ3) is 3.02. The molecule has 0 aliphatic heterocycles. The minimum absolute atomic E-state index is 0.124. The van der Waals surface area contributed by atoms with Gasteiger partial charge in [-0.25, -0.2) is 8.42 Å². The first-order chi connectivity index (χ1) is 9.97. The molecule has 1 aromatic carbocycles. The number of allylic oxidation sites excluding steroid dienone is 1. The van der Waals surface area contributed by atoms with Crippen molar-refractivity contribution in [1.29, 1.82) is 10.5 Å². The highest BCUT2D eigenvalue weighted by Gasteiger charge is 2.21. The number of nitriles is 2. The fourth-order valence-corrected chi connectivity index (χ4v) is 2.80.